The fraction of sp³-hybridized carbons (Fsp3) is 0.400. The summed E-state index contributed by atoms with van der Waals surface area (Å²) in [7, 11) is 0. The van der Waals surface area contributed by atoms with E-state index >= 15 is 0 Å². The monoisotopic (exact) mass is 202 g/mol. The zero-order valence-corrected chi connectivity index (χ0v) is 8.86. The molecule has 0 aromatic rings. The van der Waals surface area contributed by atoms with Gasteiger partial charge in [0.1, 0.15) is 0 Å². The van der Waals surface area contributed by atoms with Crippen LogP contribution in [0.3, 0.4) is 0 Å². The molecule has 0 saturated heterocycles. The number of allylic oxidation sites excluding steroid dienone is 3. The van der Waals surface area contributed by atoms with Crippen molar-refractivity contribution in [1.82, 2.24) is 0 Å². The summed E-state index contributed by atoms with van der Waals surface area (Å²) in [5, 5.41) is 14.8. The smallest absolute Gasteiger partial charge is 0.300 e. The average molecular weight is 202 g/mol. The molecule has 0 spiro atoms. The molecule has 0 heterocycles. The SMILES string of the molecule is C=CC=CCC.CC(=O)O.CC(=O)O. The van der Waals surface area contributed by atoms with Crippen LogP contribution in [-0.2, 0) is 9.59 Å². The second-order valence-electron chi connectivity index (χ2n) is 2.11. The molecular formula is C10H18O4. The van der Waals surface area contributed by atoms with Crippen molar-refractivity contribution in [1.29, 1.82) is 0 Å². The summed E-state index contributed by atoms with van der Waals surface area (Å²) in [6, 6.07) is 0. The molecule has 0 saturated carbocycles. The molecule has 0 aromatic carbocycles. The van der Waals surface area contributed by atoms with Crippen LogP contribution >= 0.6 is 0 Å². The van der Waals surface area contributed by atoms with Gasteiger partial charge in [0.15, 0.2) is 0 Å². The summed E-state index contributed by atoms with van der Waals surface area (Å²) < 4.78 is 0. The van der Waals surface area contributed by atoms with Crippen LogP contribution in [0.25, 0.3) is 0 Å². The molecule has 4 nitrogen and oxygen atoms in total. The zero-order chi connectivity index (χ0) is 12.0. The van der Waals surface area contributed by atoms with Gasteiger partial charge in [-0.05, 0) is 6.42 Å². The summed E-state index contributed by atoms with van der Waals surface area (Å²) >= 11 is 0. The van der Waals surface area contributed by atoms with Gasteiger partial charge in [0.25, 0.3) is 11.9 Å². The van der Waals surface area contributed by atoms with E-state index in [0.717, 1.165) is 20.3 Å². The molecule has 14 heavy (non-hydrogen) atoms. The largest absolute Gasteiger partial charge is 0.481 e. The fourth-order valence-corrected chi connectivity index (χ4v) is 0.232. The Morgan fingerprint density at radius 2 is 1.50 bits per heavy atom. The van der Waals surface area contributed by atoms with E-state index in [2.05, 4.69) is 19.6 Å². The Balaban J connectivity index is -0.000000135. The van der Waals surface area contributed by atoms with Crippen LogP contribution in [0.4, 0.5) is 0 Å². The van der Waals surface area contributed by atoms with Crippen molar-refractivity contribution < 1.29 is 19.8 Å². The first-order chi connectivity index (χ1) is 6.38. The molecule has 0 aliphatic carbocycles. The lowest BCUT2D eigenvalue weighted by Crippen LogP contribution is -1.78. The maximum atomic E-state index is 9.00. The molecule has 0 amide bonds. The van der Waals surface area contributed by atoms with Gasteiger partial charge in [-0.25, -0.2) is 0 Å². The van der Waals surface area contributed by atoms with Gasteiger partial charge in [0, 0.05) is 13.8 Å². The highest BCUT2D eigenvalue weighted by Crippen LogP contribution is 1.76. The Bertz CT molecular complexity index is 163. The molecule has 0 aromatic heterocycles. The molecule has 0 rings (SSSR count). The Morgan fingerprint density at radius 1 is 1.21 bits per heavy atom. The maximum Gasteiger partial charge on any atom is 0.300 e. The van der Waals surface area contributed by atoms with Crippen molar-refractivity contribution in [3.8, 4) is 0 Å². The average Bonchev–Trinajstić information content (AvgIpc) is 1.98. The third-order valence-corrected chi connectivity index (χ3v) is 0.508. The number of hydrogen-bond donors (Lipinski definition) is 2. The van der Waals surface area contributed by atoms with Gasteiger partial charge in [-0.2, -0.15) is 0 Å². The van der Waals surface area contributed by atoms with E-state index in [1.807, 2.05) is 6.08 Å². The minimum absolute atomic E-state index is 0.833. The van der Waals surface area contributed by atoms with Crippen LogP contribution in [0.5, 0.6) is 0 Å². The first kappa shape index (κ1) is 18.3. The summed E-state index contributed by atoms with van der Waals surface area (Å²) in [6.07, 6.45) is 6.89. The number of rotatable bonds is 2. The standard InChI is InChI=1S/C6H10.2C2H4O2/c1-3-5-6-4-2;2*1-2(3)4/h3,5-6H,1,4H2,2H3;2*1H3,(H,3,4). The van der Waals surface area contributed by atoms with E-state index in [-0.39, 0.29) is 0 Å². The minimum Gasteiger partial charge on any atom is -0.481 e. The lowest BCUT2D eigenvalue weighted by Gasteiger charge is -1.67. The van der Waals surface area contributed by atoms with Crippen molar-refractivity contribution in [3.05, 3.63) is 24.8 Å². The third kappa shape index (κ3) is 459. The first-order valence-corrected chi connectivity index (χ1v) is 4.05. The number of hydrogen-bond acceptors (Lipinski definition) is 2. The lowest BCUT2D eigenvalue weighted by molar-refractivity contribution is -0.135. The van der Waals surface area contributed by atoms with E-state index in [1.165, 1.54) is 0 Å². The molecule has 0 aliphatic heterocycles. The molecule has 0 radical (unpaired) electrons. The molecule has 0 aliphatic rings. The van der Waals surface area contributed by atoms with Crippen LogP contribution in [-0.4, -0.2) is 22.2 Å². The van der Waals surface area contributed by atoms with Crippen molar-refractivity contribution in [2.24, 2.45) is 0 Å². The fourth-order valence-electron chi connectivity index (χ4n) is 0.232. The van der Waals surface area contributed by atoms with Gasteiger partial charge < -0.3 is 10.2 Å². The molecule has 82 valence electrons. The zero-order valence-electron chi connectivity index (χ0n) is 8.86. The van der Waals surface area contributed by atoms with Gasteiger partial charge in [-0.15, -0.1) is 0 Å². The van der Waals surface area contributed by atoms with Gasteiger partial charge in [0.2, 0.25) is 0 Å². The van der Waals surface area contributed by atoms with Crippen molar-refractivity contribution >= 4 is 11.9 Å². The minimum atomic E-state index is -0.833. The van der Waals surface area contributed by atoms with E-state index in [4.69, 9.17) is 19.8 Å². The quantitative estimate of drug-likeness (QED) is 0.674. The number of aliphatic carboxylic acids is 2. The number of carboxylic acid groups (broad SMARTS) is 2. The lowest BCUT2D eigenvalue weighted by atomic mass is 10.4. The summed E-state index contributed by atoms with van der Waals surface area (Å²) in [4.78, 5) is 18.0. The highest BCUT2D eigenvalue weighted by molar-refractivity contribution is 5.63. The molecule has 0 atom stereocenters. The van der Waals surface area contributed by atoms with Crippen molar-refractivity contribution in [2.75, 3.05) is 0 Å². The van der Waals surface area contributed by atoms with E-state index in [1.54, 1.807) is 6.08 Å². The molecular weight excluding hydrogens is 184 g/mol. The predicted octanol–water partition coefficient (Wildman–Crippen LogP) is 2.32. The van der Waals surface area contributed by atoms with Crippen LogP contribution in [0.15, 0.2) is 24.8 Å². The van der Waals surface area contributed by atoms with Gasteiger partial charge in [0.05, 0.1) is 0 Å². The Kier molecular flexibility index (Phi) is 22.8. The Morgan fingerprint density at radius 3 is 1.57 bits per heavy atom. The Hall–Kier alpha value is -1.58. The molecule has 4 heteroatoms. The summed E-state index contributed by atoms with van der Waals surface area (Å²) in [5.41, 5.74) is 0. The third-order valence-electron chi connectivity index (χ3n) is 0.508. The predicted molar refractivity (Wildman–Crippen MR) is 56.2 cm³/mol. The van der Waals surface area contributed by atoms with Gasteiger partial charge >= 0.3 is 0 Å². The van der Waals surface area contributed by atoms with Crippen molar-refractivity contribution in [3.63, 3.8) is 0 Å². The highest BCUT2D eigenvalue weighted by Gasteiger charge is 1.65. The second-order valence-corrected chi connectivity index (χ2v) is 2.11. The maximum absolute atomic E-state index is 9.00. The van der Waals surface area contributed by atoms with Crippen LogP contribution in [0.2, 0.25) is 0 Å². The molecule has 2 N–H and O–H groups in total. The summed E-state index contributed by atoms with van der Waals surface area (Å²) in [5.74, 6) is -1.67. The van der Waals surface area contributed by atoms with Crippen LogP contribution in [0, 0.1) is 0 Å². The number of carboxylic acids is 2. The van der Waals surface area contributed by atoms with Crippen LogP contribution in [0.1, 0.15) is 27.2 Å². The normalized spacial score (nSPS) is 7.64. The Labute approximate surface area is 84.6 Å². The topological polar surface area (TPSA) is 74.6 Å². The van der Waals surface area contributed by atoms with E-state index < -0.39 is 11.9 Å². The first-order valence-electron chi connectivity index (χ1n) is 4.05. The van der Waals surface area contributed by atoms with Crippen molar-refractivity contribution in [2.45, 2.75) is 27.2 Å². The summed E-state index contributed by atoms with van der Waals surface area (Å²) in [6.45, 7) is 7.78. The highest BCUT2D eigenvalue weighted by atomic mass is 16.4. The molecule has 0 fully saturated rings. The van der Waals surface area contributed by atoms with E-state index in [0.29, 0.717) is 0 Å². The van der Waals surface area contributed by atoms with Gasteiger partial charge in [-0.1, -0.05) is 31.7 Å². The second kappa shape index (κ2) is 17.5. The van der Waals surface area contributed by atoms with Gasteiger partial charge in [-0.3, -0.25) is 9.59 Å². The molecule has 0 bridgehead atoms. The molecule has 0 unspecified atom stereocenters. The van der Waals surface area contributed by atoms with E-state index in [9.17, 15) is 0 Å². The van der Waals surface area contributed by atoms with Crippen LogP contribution < -0.4 is 0 Å². The number of carbonyl (C=O) groups is 2.